The van der Waals surface area contributed by atoms with Crippen LogP contribution in [0.3, 0.4) is 0 Å². The molecule has 0 aliphatic carbocycles. The third-order valence-corrected chi connectivity index (χ3v) is 5.66. The van der Waals surface area contributed by atoms with E-state index in [1.807, 2.05) is 36.5 Å². The molecule has 0 fully saturated rings. The number of hydrogen-bond acceptors (Lipinski definition) is 3. The molecule has 1 heterocycles. The second-order valence-electron chi connectivity index (χ2n) is 5.26. The minimum Gasteiger partial charge on any atom is -0.361 e. The molecule has 1 aromatic heterocycles. The van der Waals surface area contributed by atoms with Crippen LogP contribution in [0.2, 0.25) is 5.02 Å². The van der Waals surface area contributed by atoms with Gasteiger partial charge in [-0.25, -0.2) is 13.1 Å². The highest BCUT2D eigenvalue weighted by molar-refractivity contribution is 7.89. The average molecular weight is 360 g/mol. The lowest BCUT2D eigenvalue weighted by atomic mass is 10.1. The number of halogens is 1. The summed E-state index contributed by atoms with van der Waals surface area (Å²) >= 11 is 5.97. The first-order valence-corrected chi connectivity index (χ1v) is 9.12. The van der Waals surface area contributed by atoms with Crippen LogP contribution in [-0.2, 0) is 16.4 Å². The van der Waals surface area contributed by atoms with Crippen LogP contribution >= 0.6 is 11.6 Å². The van der Waals surface area contributed by atoms with Crippen molar-refractivity contribution in [1.29, 1.82) is 5.26 Å². The highest BCUT2D eigenvalue weighted by Crippen LogP contribution is 2.22. The predicted molar refractivity (Wildman–Crippen MR) is 93.4 cm³/mol. The Kier molecular flexibility index (Phi) is 4.58. The van der Waals surface area contributed by atoms with Crippen molar-refractivity contribution < 1.29 is 8.42 Å². The van der Waals surface area contributed by atoms with Crippen molar-refractivity contribution in [1.82, 2.24) is 9.71 Å². The lowest BCUT2D eigenvalue weighted by Gasteiger charge is -2.08. The molecule has 24 heavy (non-hydrogen) atoms. The zero-order chi connectivity index (χ0) is 17.2. The van der Waals surface area contributed by atoms with E-state index in [-0.39, 0.29) is 16.5 Å². The van der Waals surface area contributed by atoms with E-state index < -0.39 is 10.0 Å². The van der Waals surface area contributed by atoms with E-state index in [9.17, 15) is 8.42 Å². The number of sulfonamides is 1. The Hall–Kier alpha value is -2.33. The first-order valence-electron chi connectivity index (χ1n) is 7.25. The lowest BCUT2D eigenvalue weighted by Crippen LogP contribution is -2.26. The zero-order valence-corrected chi connectivity index (χ0v) is 14.2. The fourth-order valence-electron chi connectivity index (χ4n) is 2.52. The van der Waals surface area contributed by atoms with Gasteiger partial charge in [-0.15, -0.1) is 0 Å². The van der Waals surface area contributed by atoms with Crippen LogP contribution in [0.1, 0.15) is 11.1 Å². The summed E-state index contributed by atoms with van der Waals surface area (Å²) in [4.78, 5) is 3.13. The molecular weight excluding hydrogens is 346 g/mol. The van der Waals surface area contributed by atoms with Gasteiger partial charge in [0.15, 0.2) is 0 Å². The summed E-state index contributed by atoms with van der Waals surface area (Å²) in [5, 5.41) is 9.93. The number of nitriles is 1. The van der Waals surface area contributed by atoms with E-state index in [0.717, 1.165) is 16.5 Å². The number of para-hydroxylation sites is 1. The van der Waals surface area contributed by atoms with Gasteiger partial charge >= 0.3 is 0 Å². The number of aromatic nitrogens is 1. The molecule has 2 N–H and O–H groups in total. The molecule has 0 amide bonds. The van der Waals surface area contributed by atoms with Gasteiger partial charge in [-0.05, 0) is 36.2 Å². The average Bonchev–Trinajstić information content (AvgIpc) is 2.97. The lowest BCUT2D eigenvalue weighted by molar-refractivity contribution is 0.582. The van der Waals surface area contributed by atoms with E-state index in [4.69, 9.17) is 16.9 Å². The molecule has 7 heteroatoms. The molecule has 5 nitrogen and oxygen atoms in total. The van der Waals surface area contributed by atoms with Gasteiger partial charge in [0.2, 0.25) is 10.0 Å². The summed E-state index contributed by atoms with van der Waals surface area (Å²) in [6.07, 6.45) is 2.44. The fraction of sp³-hybridized carbons (Fsp3) is 0.118. The largest absolute Gasteiger partial charge is 0.361 e. The molecule has 0 aliphatic heterocycles. The number of nitrogens with zero attached hydrogens (tertiary/aromatic N) is 1. The van der Waals surface area contributed by atoms with Crippen LogP contribution in [0.5, 0.6) is 0 Å². The molecule has 0 saturated carbocycles. The summed E-state index contributed by atoms with van der Waals surface area (Å²) in [6.45, 7) is 0.251. The van der Waals surface area contributed by atoms with Gasteiger partial charge < -0.3 is 4.98 Å². The number of rotatable bonds is 5. The maximum atomic E-state index is 12.4. The summed E-state index contributed by atoms with van der Waals surface area (Å²) in [6, 6.07) is 13.9. The van der Waals surface area contributed by atoms with Crippen molar-refractivity contribution in [3.8, 4) is 6.07 Å². The number of fused-ring (bicyclic) bond motifs is 1. The molecule has 2 aromatic carbocycles. The van der Waals surface area contributed by atoms with Crippen LogP contribution in [0.25, 0.3) is 10.9 Å². The molecule has 0 bridgehead atoms. The molecule has 0 saturated heterocycles. The van der Waals surface area contributed by atoms with Crippen LogP contribution in [0.4, 0.5) is 0 Å². The maximum absolute atomic E-state index is 12.4. The quantitative estimate of drug-likeness (QED) is 0.733. The zero-order valence-electron chi connectivity index (χ0n) is 12.6. The maximum Gasteiger partial charge on any atom is 0.242 e. The van der Waals surface area contributed by atoms with E-state index in [0.29, 0.717) is 12.0 Å². The van der Waals surface area contributed by atoms with Gasteiger partial charge in [0.1, 0.15) is 4.90 Å². The topological polar surface area (TPSA) is 85.8 Å². The van der Waals surface area contributed by atoms with Gasteiger partial charge in [0, 0.05) is 23.6 Å². The van der Waals surface area contributed by atoms with Gasteiger partial charge in [-0.3, -0.25) is 0 Å². The Morgan fingerprint density at radius 3 is 2.75 bits per heavy atom. The van der Waals surface area contributed by atoms with Crippen molar-refractivity contribution in [2.45, 2.75) is 11.3 Å². The van der Waals surface area contributed by atoms with Crippen molar-refractivity contribution in [2.24, 2.45) is 0 Å². The van der Waals surface area contributed by atoms with Gasteiger partial charge in [0.25, 0.3) is 0 Å². The van der Waals surface area contributed by atoms with E-state index in [1.165, 1.54) is 18.2 Å². The van der Waals surface area contributed by atoms with Crippen molar-refractivity contribution >= 4 is 32.5 Å². The van der Waals surface area contributed by atoms with Crippen LogP contribution in [-0.4, -0.2) is 19.9 Å². The van der Waals surface area contributed by atoms with Gasteiger partial charge in [-0.2, -0.15) is 5.26 Å². The Labute approximate surface area is 144 Å². The van der Waals surface area contributed by atoms with Crippen LogP contribution < -0.4 is 4.72 Å². The third kappa shape index (κ3) is 3.29. The Bertz CT molecular complexity index is 1040. The molecule has 3 aromatic rings. The highest BCUT2D eigenvalue weighted by atomic mass is 35.5. The molecular formula is C17H14ClN3O2S. The molecule has 0 aliphatic rings. The van der Waals surface area contributed by atoms with Crippen LogP contribution in [0.15, 0.2) is 53.6 Å². The number of H-pyrrole nitrogens is 1. The van der Waals surface area contributed by atoms with Crippen molar-refractivity contribution in [2.75, 3.05) is 6.54 Å². The monoisotopic (exact) mass is 359 g/mol. The first kappa shape index (κ1) is 16.5. The number of nitrogens with one attached hydrogen (secondary N) is 2. The summed E-state index contributed by atoms with van der Waals surface area (Å²) < 4.78 is 27.3. The second-order valence-corrected chi connectivity index (χ2v) is 7.41. The molecule has 0 unspecified atom stereocenters. The number of aromatic amines is 1. The molecule has 122 valence electrons. The molecule has 0 atom stereocenters. The predicted octanol–water partition coefficient (Wildman–Crippen LogP) is 3.21. The second kappa shape index (κ2) is 6.65. The summed E-state index contributed by atoms with van der Waals surface area (Å²) in [7, 11) is -3.72. The third-order valence-electron chi connectivity index (χ3n) is 3.71. The number of hydrogen-bond donors (Lipinski definition) is 2. The van der Waals surface area contributed by atoms with E-state index in [1.54, 1.807) is 0 Å². The van der Waals surface area contributed by atoms with Gasteiger partial charge in [-0.1, -0.05) is 29.8 Å². The SMILES string of the molecule is N#Cc1ccc(S(=O)(=O)NCCc2c[nH]c3ccccc23)c(Cl)c1. The first-order chi connectivity index (χ1) is 11.5. The molecule has 3 rings (SSSR count). The number of benzene rings is 2. The molecule has 0 spiro atoms. The standard InChI is InChI=1S/C17H14ClN3O2S/c18-15-9-12(10-19)5-6-17(15)24(22,23)21-8-7-13-11-20-16-4-2-1-3-14(13)16/h1-6,9,11,20-21H,7-8H2. The minimum atomic E-state index is -3.72. The van der Waals surface area contributed by atoms with Crippen LogP contribution in [0, 0.1) is 11.3 Å². The summed E-state index contributed by atoms with van der Waals surface area (Å²) in [5.74, 6) is 0. The highest BCUT2D eigenvalue weighted by Gasteiger charge is 2.18. The Balaban J connectivity index is 1.73. The Morgan fingerprint density at radius 1 is 1.21 bits per heavy atom. The van der Waals surface area contributed by atoms with E-state index >= 15 is 0 Å². The fourth-order valence-corrected chi connectivity index (χ4v) is 4.10. The smallest absolute Gasteiger partial charge is 0.242 e. The minimum absolute atomic E-state index is 0.0258. The molecule has 0 radical (unpaired) electrons. The normalized spacial score (nSPS) is 11.5. The summed E-state index contributed by atoms with van der Waals surface area (Å²) in [5.41, 5.74) is 2.38. The van der Waals surface area contributed by atoms with E-state index in [2.05, 4.69) is 9.71 Å². The Morgan fingerprint density at radius 2 is 2.00 bits per heavy atom. The van der Waals surface area contributed by atoms with Crippen molar-refractivity contribution in [3.63, 3.8) is 0 Å². The van der Waals surface area contributed by atoms with Crippen molar-refractivity contribution in [3.05, 3.63) is 64.8 Å². The van der Waals surface area contributed by atoms with Gasteiger partial charge in [0.05, 0.1) is 16.7 Å².